The monoisotopic (exact) mass is 966 g/mol. The van der Waals surface area contributed by atoms with Gasteiger partial charge in [0.15, 0.2) is 0 Å². The third-order valence-corrected chi connectivity index (χ3v) is 21.0. The van der Waals surface area contributed by atoms with E-state index in [1.807, 2.05) is 0 Å². The first-order valence-electron chi connectivity index (χ1n) is 22.3. The van der Waals surface area contributed by atoms with E-state index in [2.05, 4.69) is 291 Å². The van der Waals surface area contributed by atoms with Crippen molar-refractivity contribution >= 4 is 84.7 Å². The summed E-state index contributed by atoms with van der Waals surface area (Å²) in [5.74, 6) is 0. The molecule has 0 bridgehead atoms. The Morgan fingerprint density at radius 1 is 0.288 bits per heavy atom. The van der Waals surface area contributed by atoms with Crippen molar-refractivity contribution in [1.29, 1.82) is 0 Å². The molecule has 0 saturated carbocycles. The first kappa shape index (κ1) is 48.6. The fraction of sp³-hybridized carbons (Fsp3) is 0.0492. The van der Waals surface area contributed by atoms with Crippen LogP contribution >= 0.6 is 31.7 Å². The van der Waals surface area contributed by atoms with Gasteiger partial charge in [-0.2, -0.15) is 12.1 Å². The quantitative estimate of drug-likeness (QED) is 0.0579. The van der Waals surface area contributed by atoms with Crippen molar-refractivity contribution in [3.05, 3.63) is 291 Å². The van der Waals surface area contributed by atoms with Crippen molar-refractivity contribution in [2.45, 2.75) is 6.42 Å². The van der Waals surface area contributed by atoms with Crippen LogP contribution in [0.5, 0.6) is 0 Å². The second-order valence-corrected chi connectivity index (χ2v) is 24.4. The summed E-state index contributed by atoms with van der Waals surface area (Å²) in [6.07, 6.45) is 3.72. The van der Waals surface area contributed by atoms with Crippen LogP contribution in [0.4, 0.5) is 0 Å². The SMILES string of the molecule is [Fe].c1ccc(P(CCCP(c2ccccc2)c2ccccc2)c2ccccc2)cc1.c1ccc(P(c2ccccc2)[c-]2[cH-][cH-][cH-][cH-]2)cc1.c1ccc(P(c2ccccc2)[c-]2cccc2)cc1. The van der Waals surface area contributed by atoms with Gasteiger partial charge in [0.2, 0.25) is 0 Å². The average Bonchev–Trinajstić information content (AvgIpc) is 4.14. The molecule has 66 heavy (non-hydrogen) atoms. The van der Waals surface area contributed by atoms with Gasteiger partial charge < -0.3 is 29.6 Å². The first-order valence-corrected chi connectivity index (χ1v) is 28.0. The van der Waals surface area contributed by atoms with Gasteiger partial charge in [0, 0.05) is 17.1 Å². The van der Waals surface area contributed by atoms with Gasteiger partial charge in [0.05, 0.1) is 0 Å². The van der Waals surface area contributed by atoms with Crippen molar-refractivity contribution in [2.24, 2.45) is 0 Å². The number of rotatable bonds is 14. The van der Waals surface area contributed by atoms with Gasteiger partial charge in [0.25, 0.3) is 0 Å². The van der Waals surface area contributed by atoms with Crippen LogP contribution in [0, 0.1) is 0 Å². The molecule has 0 aliphatic rings. The zero-order valence-corrected chi connectivity index (χ0v) is 41.7. The fourth-order valence-corrected chi connectivity index (χ4v) is 17.4. The molecule has 0 aromatic heterocycles. The molecule has 0 fully saturated rings. The third kappa shape index (κ3) is 13.9. The van der Waals surface area contributed by atoms with Crippen molar-refractivity contribution < 1.29 is 17.1 Å². The molecule has 332 valence electrons. The summed E-state index contributed by atoms with van der Waals surface area (Å²) in [5, 5.41) is 14.4. The Balaban J connectivity index is 0.000000153. The minimum atomic E-state index is -0.409. The minimum Gasteiger partial charge on any atom is -0.747 e. The molecule has 5 heteroatoms. The maximum Gasteiger partial charge on any atom is 0 e. The molecule has 10 aromatic rings. The van der Waals surface area contributed by atoms with Crippen molar-refractivity contribution in [2.75, 3.05) is 12.3 Å². The Morgan fingerprint density at radius 2 is 0.530 bits per heavy atom. The molecular formula is C61H54FeP4-6. The van der Waals surface area contributed by atoms with Gasteiger partial charge in [-0.25, -0.2) is 20.1 Å². The van der Waals surface area contributed by atoms with E-state index in [9.17, 15) is 0 Å². The van der Waals surface area contributed by atoms with Gasteiger partial charge in [0.1, 0.15) is 0 Å². The zero-order chi connectivity index (χ0) is 44.1. The second kappa shape index (κ2) is 26.7. The predicted molar refractivity (Wildman–Crippen MR) is 294 cm³/mol. The predicted octanol–water partition coefficient (Wildman–Crippen LogP) is 12.0. The van der Waals surface area contributed by atoms with Crippen LogP contribution < -0.4 is 53.0 Å². The van der Waals surface area contributed by atoms with Crippen LogP contribution in [-0.2, 0) is 17.1 Å². The fourth-order valence-electron chi connectivity index (χ4n) is 7.86. The molecule has 0 unspecified atom stereocenters. The van der Waals surface area contributed by atoms with Gasteiger partial charge in [-0.15, -0.1) is 5.30 Å². The van der Waals surface area contributed by atoms with E-state index in [1.165, 1.54) is 71.8 Å². The third-order valence-electron chi connectivity index (χ3n) is 10.9. The molecule has 0 atom stereocenters. The normalized spacial score (nSPS) is 10.7. The van der Waals surface area contributed by atoms with Crippen LogP contribution in [0.3, 0.4) is 0 Å². The number of benzene rings is 8. The standard InChI is InChI=1S/C27H26P2.2C17H14P.Fe/c1-5-14-24(15-6-1)28(25-16-7-2-8-17-25)22-13-23-29(26-18-9-3-10-19-26)27-20-11-4-12-21-27;2*1-3-9-15(10-4-1)18(17-13-7-8-14-17)16-11-5-2-6-12-16;/h1-12,14-21H,13,22-23H2;2*1-14H;/q;-5;-1;. The smallest absolute Gasteiger partial charge is 0 e. The topological polar surface area (TPSA) is 0 Å². The average molecular weight is 967 g/mol. The minimum absolute atomic E-state index is 0. The maximum atomic E-state index is 2.30. The van der Waals surface area contributed by atoms with Crippen LogP contribution in [-0.4, -0.2) is 12.3 Å². The Bertz CT molecular complexity index is 2400. The molecule has 0 N–H and O–H groups in total. The molecule has 0 radical (unpaired) electrons. The summed E-state index contributed by atoms with van der Waals surface area (Å²) in [5.41, 5.74) is 0. The Morgan fingerprint density at radius 3 is 0.803 bits per heavy atom. The van der Waals surface area contributed by atoms with Crippen molar-refractivity contribution in [3.8, 4) is 0 Å². The van der Waals surface area contributed by atoms with Crippen LogP contribution in [0.1, 0.15) is 6.42 Å². The summed E-state index contributed by atoms with van der Waals surface area (Å²) < 4.78 is 0. The van der Waals surface area contributed by atoms with E-state index >= 15 is 0 Å². The van der Waals surface area contributed by atoms with E-state index in [0.29, 0.717) is 0 Å². The summed E-state index contributed by atoms with van der Waals surface area (Å²) in [6, 6.07) is 105. The van der Waals surface area contributed by atoms with E-state index in [4.69, 9.17) is 0 Å². The molecule has 0 heterocycles. The van der Waals surface area contributed by atoms with E-state index < -0.39 is 15.8 Å². The molecule has 10 rings (SSSR count). The van der Waals surface area contributed by atoms with Crippen LogP contribution in [0.25, 0.3) is 0 Å². The van der Waals surface area contributed by atoms with Gasteiger partial charge in [-0.05, 0) is 66.4 Å². The summed E-state index contributed by atoms with van der Waals surface area (Å²) in [4.78, 5) is 0. The largest absolute Gasteiger partial charge is 0.747 e. The van der Waals surface area contributed by atoms with E-state index in [1.54, 1.807) is 0 Å². The van der Waals surface area contributed by atoms with Crippen molar-refractivity contribution in [1.82, 2.24) is 0 Å². The Hall–Kier alpha value is -5.30. The second-order valence-electron chi connectivity index (χ2n) is 15.3. The Labute approximate surface area is 409 Å². The Kier molecular flexibility index (Phi) is 19.7. The number of hydrogen-bond acceptors (Lipinski definition) is 0. The van der Waals surface area contributed by atoms with Crippen molar-refractivity contribution in [3.63, 3.8) is 0 Å². The molecule has 0 spiro atoms. The molecule has 10 aromatic carbocycles. The molecule has 0 aliphatic carbocycles. The van der Waals surface area contributed by atoms with Crippen LogP contribution in [0.2, 0.25) is 0 Å². The maximum absolute atomic E-state index is 2.30. The summed E-state index contributed by atoms with van der Waals surface area (Å²) in [6.45, 7) is 0. The van der Waals surface area contributed by atoms with Gasteiger partial charge in [-0.3, -0.25) is 0 Å². The zero-order valence-electron chi connectivity index (χ0n) is 37.0. The summed E-state index contributed by atoms with van der Waals surface area (Å²) >= 11 is 0. The molecule has 0 aliphatic heterocycles. The van der Waals surface area contributed by atoms with Gasteiger partial charge in [-0.1, -0.05) is 261 Å². The molecule has 0 nitrogen and oxygen atoms in total. The molecular weight excluding hydrogens is 912 g/mol. The summed E-state index contributed by atoms with van der Waals surface area (Å²) in [7, 11) is -1.44. The number of hydrogen-bond donors (Lipinski definition) is 0. The van der Waals surface area contributed by atoms with E-state index in [-0.39, 0.29) is 32.9 Å². The van der Waals surface area contributed by atoms with Gasteiger partial charge >= 0.3 is 0 Å². The first-order chi connectivity index (χ1) is 32.3. The molecule has 0 saturated heterocycles. The van der Waals surface area contributed by atoms with Crippen LogP contribution in [0.15, 0.2) is 291 Å². The van der Waals surface area contributed by atoms with E-state index in [0.717, 1.165) is 0 Å². The molecule has 0 amide bonds.